The minimum absolute atomic E-state index is 0.0437. The molecule has 1 fully saturated rings. The monoisotopic (exact) mass is 330 g/mol. The number of aromatic nitrogens is 2. The van der Waals surface area contributed by atoms with Gasteiger partial charge in [-0.1, -0.05) is 38.3 Å². The van der Waals surface area contributed by atoms with Gasteiger partial charge in [-0.15, -0.1) is 0 Å². The average molecular weight is 330 g/mol. The summed E-state index contributed by atoms with van der Waals surface area (Å²) in [5.74, 6) is 0.823. The zero-order valence-electron chi connectivity index (χ0n) is 13.8. The van der Waals surface area contributed by atoms with Crippen molar-refractivity contribution in [2.24, 2.45) is 5.92 Å². The first-order valence-electron chi connectivity index (χ1n) is 8.52. The van der Waals surface area contributed by atoms with Gasteiger partial charge >= 0.3 is 5.63 Å². The van der Waals surface area contributed by atoms with Crippen LogP contribution < -0.4 is 15.9 Å². The molecule has 0 bridgehead atoms. The third kappa shape index (κ3) is 4.13. The number of ether oxygens (including phenoxy) is 1. The Balaban J connectivity index is 1.85. The van der Waals surface area contributed by atoms with Crippen LogP contribution in [0, 0.1) is 5.92 Å². The Morgan fingerprint density at radius 2 is 2.21 bits per heavy atom. The zero-order chi connectivity index (χ0) is 16.9. The van der Waals surface area contributed by atoms with Crippen LogP contribution in [-0.4, -0.2) is 16.6 Å². The first kappa shape index (κ1) is 16.5. The van der Waals surface area contributed by atoms with E-state index in [0.29, 0.717) is 24.0 Å². The van der Waals surface area contributed by atoms with E-state index in [1.807, 2.05) is 19.1 Å². The molecule has 6 heteroatoms. The van der Waals surface area contributed by atoms with Crippen LogP contribution in [0.15, 0.2) is 32.2 Å². The summed E-state index contributed by atoms with van der Waals surface area (Å²) in [5.41, 5.74) is -0.0753. The predicted octanol–water partition coefficient (Wildman–Crippen LogP) is 2.95. The lowest BCUT2D eigenvalue weighted by Crippen LogP contribution is -2.15. The molecule has 1 saturated carbocycles. The van der Waals surface area contributed by atoms with Gasteiger partial charge < -0.3 is 9.15 Å². The van der Waals surface area contributed by atoms with Gasteiger partial charge in [-0.25, -0.2) is 4.79 Å². The van der Waals surface area contributed by atoms with Gasteiger partial charge in [0, 0.05) is 6.07 Å². The third-order valence-electron chi connectivity index (χ3n) is 4.15. The van der Waals surface area contributed by atoms with E-state index in [-0.39, 0.29) is 17.3 Å². The Hall–Kier alpha value is -2.37. The van der Waals surface area contributed by atoms with E-state index < -0.39 is 5.63 Å². The molecule has 6 nitrogen and oxygen atoms in total. The van der Waals surface area contributed by atoms with E-state index in [9.17, 15) is 9.59 Å². The van der Waals surface area contributed by atoms with E-state index in [1.54, 1.807) is 0 Å². The highest BCUT2D eigenvalue weighted by atomic mass is 16.5. The maximum atomic E-state index is 12.4. The summed E-state index contributed by atoms with van der Waals surface area (Å²) in [6.45, 7) is 2.32. The molecule has 0 atom stereocenters. The smallest absolute Gasteiger partial charge is 0.337 e. The van der Waals surface area contributed by atoms with Crippen molar-refractivity contribution in [3.63, 3.8) is 0 Å². The van der Waals surface area contributed by atoms with Crippen molar-refractivity contribution in [2.75, 3.05) is 6.61 Å². The number of hydrogen-bond acceptors (Lipinski definition) is 5. The lowest BCUT2D eigenvalue weighted by Gasteiger charge is -2.06. The lowest BCUT2D eigenvalue weighted by molar-refractivity contribution is 0.330. The SMILES string of the molecule is CC/C=C/COc1nc2oc(=O)cc(CCCC3CC3)c2c(=O)[nH]1. The molecule has 0 saturated heterocycles. The van der Waals surface area contributed by atoms with Gasteiger partial charge in [0.2, 0.25) is 5.71 Å². The molecule has 3 rings (SSSR count). The van der Waals surface area contributed by atoms with Crippen molar-refractivity contribution in [3.05, 3.63) is 44.6 Å². The average Bonchev–Trinajstić information content (AvgIpc) is 3.35. The normalized spacial score (nSPS) is 14.5. The summed E-state index contributed by atoms with van der Waals surface area (Å²) in [7, 11) is 0. The second kappa shape index (κ2) is 7.47. The van der Waals surface area contributed by atoms with Gasteiger partial charge in [0.25, 0.3) is 11.6 Å². The fourth-order valence-corrected chi connectivity index (χ4v) is 2.74. The number of nitrogens with zero attached hydrogens (tertiary/aromatic N) is 1. The molecule has 0 amide bonds. The Kier molecular flexibility index (Phi) is 5.13. The number of fused-ring (bicyclic) bond motifs is 1. The van der Waals surface area contributed by atoms with Crippen LogP contribution in [0.3, 0.4) is 0 Å². The Labute approximate surface area is 139 Å². The van der Waals surface area contributed by atoms with Crippen LogP contribution >= 0.6 is 0 Å². The molecule has 2 heterocycles. The van der Waals surface area contributed by atoms with Crippen LogP contribution in [0.4, 0.5) is 0 Å². The molecule has 24 heavy (non-hydrogen) atoms. The van der Waals surface area contributed by atoms with Gasteiger partial charge in [0.1, 0.15) is 12.0 Å². The van der Waals surface area contributed by atoms with Crippen molar-refractivity contribution in [3.8, 4) is 6.01 Å². The molecule has 0 aliphatic heterocycles. The number of nitrogens with one attached hydrogen (secondary N) is 1. The van der Waals surface area contributed by atoms with E-state index in [1.165, 1.54) is 18.9 Å². The van der Waals surface area contributed by atoms with E-state index >= 15 is 0 Å². The number of aryl methyl sites for hydroxylation is 1. The molecule has 0 aromatic carbocycles. The van der Waals surface area contributed by atoms with Crippen molar-refractivity contribution >= 4 is 11.1 Å². The molecular formula is C18H22N2O4. The highest BCUT2D eigenvalue weighted by molar-refractivity contribution is 5.75. The fourth-order valence-electron chi connectivity index (χ4n) is 2.74. The predicted molar refractivity (Wildman–Crippen MR) is 91.5 cm³/mol. The van der Waals surface area contributed by atoms with Crippen LogP contribution in [0.25, 0.3) is 11.1 Å². The third-order valence-corrected chi connectivity index (χ3v) is 4.15. The molecule has 1 N–H and O–H groups in total. The van der Waals surface area contributed by atoms with Crippen molar-refractivity contribution < 1.29 is 9.15 Å². The minimum atomic E-state index is -0.487. The summed E-state index contributed by atoms with van der Waals surface area (Å²) >= 11 is 0. The molecule has 1 aliphatic rings. The lowest BCUT2D eigenvalue weighted by atomic mass is 10.1. The summed E-state index contributed by atoms with van der Waals surface area (Å²) in [6.07, 6.45) is 10.1. The van der Waals surface area contributed by atoms with Gasteiger partial charge in [-0.05, 0) is 30.7 Å². The maximum absolute atomic E-state index is 12.4. The molecule has 2 aromatic heterocycles. The van der Waals surface area contributed by atoms with Crippen LogP contribution in [-0.2, 0) is 6.42 Å². The van der Waals surface area contributed by atoms with Gasteiger partial charge in [0.15, 0.2) is 0 Å². The Morgan fingerprint density at radius 1 is 1.38 bits per heavy atom. The highest BCUT2D eigenvalue weighted by Gasteiger charge is 2.21. The Bertz CT molecular complexity index is 846. The highest BCUT2D eigenvalue weighted by Crippen LogP contribution is 2.34. The van der Waals surface area contributed by atoms with Crippen molar-refractivity contribution in [1.82, 2.24) is 9.97 Å². The first-order chi connectivity index (χ1) is 11.7. The van der Waals surface area contributed by atoms with Crippen molar-refractivity contribution in [1.29, 1.82) is 0 Å². The van der Waals surface area contributed by atoms with E-state index in [2.05, 4.69) is 9.97 Å². The zero-order valence-corrected chi connectivity index (χ0v) is 13.8. The summed E-state index contributed by atoms with van der Waals surface area (Å²) in [5, 5.41) is 0.349. The second-order valence-electron chi connectivity index (χ2n) is 6.17. The van der Waals surface area contributed by atoms with Gasteiger partial charge in [-0.3, -0.25) is 9.78 Å². The molecular weight excluding hydrogens is 308 g/mol. The number of rotatable bonds is 8. The number of hydrogen-bond donors (Lipinski definition) is 1. The van der Waals surface area contributed by atoms with Crippen LogP contribution in [0.1, 0.15) is 44.6 Å². The molecule has 0 spiro atoms. The number of H-pyrrole nitrogens is 1. The minimum Gasteiger partial charge on any atom is -0.460 e. The van der Waals surface area contributed by atoms with Crippen molar-refractivity contribution in [2.45, 2.75) is 45.4 Å². The maximum Gasteiger partial charge on any atom is 0.337 e. The summed E-state index contributed by atoms with van der Waals surface area (Å²) in [4.78, 5) is 30.9. The largest absolute Gasteiger partial charge is 0.460 e. The van der Waals surface area contributed by atoms with E-state index in [0.717, 1.165) is 25.2 Å². The molecule has 2 aromatic rings. The summed E-state index contributed by atoms with van der Waals surface area (Å²) < 4.78 is 10.5. The van der Waals surface area contributed by atoms with Crippen LogP contribution in [0.2, 0.25) is 0 Å². The molecule has 1 aliphatic carbocycles. The Morgan fingerprint density at radius 3 is 2.96 bits per heavy atom. The topological polar surface area (TPSA) is 85.2 Å². The standard InChI is InChI=1S/C18H22N2O4/c1-2-3-4-10-23-18-19-16(22)15-13(7-5-6-12-8-9-12)11-14(21)24-17(15)20-18/h3-4,11-12H,2,5-10H2,1H3,(H,19,20,22)/b4-3+. The van der Waals surface area contributed by atoms with Gasteiger partial charge in [0.05, 0.1) is 0 Å². The van der Waals surface area contributed by atoms with Gasteiger partial charge in [-0.2, -0.15) is 4.98 Å². The van der Waals surface area contributed by atoms with Crippen LogP contribution in [0.5, 0.6) is 6.01 Å². The quantitative estimate of drug-likeness (QED) is 0.752. The van der Waals surface area contributed by atoms with E-state index in [4.69, 9.17) is 9.15 Å². The number of aromatic amines is 1. The fraction of sp³-hybridized carbons (Fsp3) is 0.500. The second-order valence-corrected chi connectivity index (χ2v) is 6.17. The molecule has 128 valence electrons. The number of allylic oxidation sites excluding steroid dienone is 1. The molecule has 0 unspecified atom stereocenters. The molecule has 0 radical (unpaired) electrons. The summed E-state index contributed by atoms with van der Waals surface area (Å²) in [6, 6.07) is 1.46. The first-order valence-corrected chi connectivity index (χ1v) is 8.52.